The van der Waals surface area contributed by atoms with E-state index in [0.717, 1.165) is 22.4 Å². The minimum absolute atomic E-state index is 0.261. The number of allylic oxidation sites excluding steroid dienone is 1. The Kier molecular flexibility index (Phi) is 6.21. The molecule has 0 fully saturated rings. The summed E-state index contributed by atoms with van der Waals surface area (Å²) in [4.78, 5) is 27.4. The van der Waals surface area contributed by atoms with Gasteiger partial charge in [0.25, 0.3) is 5.91 Å². The number of hydrogen-bond acceptors (Lipinski definition) is 4. The van der Waals surface area contributed by atoms with Crippen LogP contribution in [0.1, 0.15) is 23.6 Å². The molecule has 1 heterocycles. The van der Waals surface area contributed by atoms with Crippen LogP contribution in [0.15, 0.2) is 72.0 Å². The quantitative estimate of drug-likeness (QED) is 0.397. The summed E-state index contributed by atoms with van der Waals surface area (Å²) < 4.78 is 10.5. The van der Waals surface area contributed by atoms with Gasteiger partial charge in [-0.15, -0.1) is 0 Å². The Hall–Kier alpha value is -3.60. The van der Waals surface area contributed by atoms with Gasteiger partial charge in [-0.2, -0.15) is 0 Å². The highest BCUT2D eigenvalue weighted by molar-refractivity contribution is 6.23. The molecule has 0 saturated carbocycles. The second-order valence-corrected chi connectivity index (χ2v) is 7.09. The topological polar surface area (TPSA) is 55.8 Å². The lowest BCUT2D eigenvalue weighted by atomic mass is 10.0. The fourth-order valence-electron chi connectivity index (χ4n) is 3.34. The molecule has 0 N–H and O–H groups in total. The number of amides is 1. The van der Waals surface area contributed by atoms with Gasteiger partial charge in [0.2, 0.25) is 0 Å². The number of hydrogen-bond donors (Lipinski definition) is 0. The number of carbonyl (C=O) groups is 2. The predicted octanol–water partition coefficient (Wildman–Crippen LogP) is 4.75. The number of methoxy groups -OCH3 is 1. The smallest absolute Gasteiger partial charge is 0.340 e. The molecule has 1 aliphatic heterocycles. The highest BCUT2D eigenvalue weighted by atomic mass is 16.5. The summed E-state index contributed by atoms with van der Waals surface area (Å²) in [5.74, 6) is -0.0982. The highest BCUT2D eigenvalue weighted by Crippen LogP contribution is 2.36. The van der Waals surface area contributed by atoms with Gasteiger partial charge in [0.05, 0.1) is 18.3 Å². The fourth-order valence-corrected chi connectivity index (χ4v) is 3.34. The van der Waals surface area contributed by atoms with E-state index >= 15 is 0 Å². The van der Waals surface area contributed by atoms with Crippen molar-refractivity contribution >= 4 is 23.6 Å². The number of ether oxygens (including phenoxy) is 2. The van der Waals surface area contributed by atoms with Crippen molar-refractivity contribution < 1.29 is 19.1 Å². The molecule has 0 radical (unpaired) electrons. The zero-order chi connectivity index (χ0) is 21.8. The van der Waals surface area contributed by atoms with Crippen LogP contribution in [0.2, 0.25) is 0 Å². The van der Waals surface area contributed by atoms with Gasteiger partial charge in [0.1, 0.15) is 12.4 Å². The minimum atomic E-state index is -0.538. The lowest BCUT2D eigenvalue weighted by molar-refractivity contribution is -0.136. The largest absolute Gasteiger partial charge is 0.490 e. The summed E-state index contributed by atoms with van der Waals surface area (Å²) in [5, 5.41) is 0. The number of anilines is 1. The van der Waals surface area contributed by atoms with Crippen LogP contribution in [0.4, 0.5) is 5.69 Å². The second-order valence-electron chi connectivity index (χ2n) is 7.09. The molecule has 0 aliphatic carbocycles. The fraction of sp³-hybridized carbons (Fsp3) is 0.200. The molecule has 0 bridgehead atoms. The number of carbonyl (C=O) groups excluding carboxylic acids is 2. The van der Waals surface area contributed by atoms with Crippen molar-refractivity contribution in [2.45, 2.75) is 20.8 Å². The van der Waals surface area contributed by atoms with Crippen molar-refractivity contribution in [3.05, 3.63) is 88.7 Å². The van der Waals surface area contributed by atoms with Crippen molar-refractivity contribution in [3.8, 4) is 5.75 Å². The standard InChI is InChI=1S/C25H25NO4/c1-6-13-30-21-11-8-19(9-12-21)15-22-23(25(28)29-5)18(4)26(24(22)27)20-10-7-16(2)17(3)14-20/h6-12,14-15H,1,13H2,2-5H3/b22-15-. The zero-order valence-corrected chi connectivity index (χ0v) is 17.7. The van der Waals surface area contributed by atoms with Crippen LogP contribution in [0.3, 0.4) is 0 Å². The van der Waals surface area contributed by atoms with Crippen molar-refractivity contribution in [2.75, 3.05) is 18.6 Å². The predicted molar refractivity (Wildman–Crippen MR) is 118 cm³/mol. The molecule has 2 aromatic carbocycles. The van der Waals surface area contributed by atoms with E-state index in [4.69, 9.17) is 9.47 Å². The van der Waals surface area contributed by atoms with E-state index in [1.54, 1.807) is 24.0 Å². The van der Waals surface area contributed by atoms with Crippen LogP contribution in [0.5, 0.6) is 5.75 Å². The monoisotopic (exact) mass is 403 g/mol. The maximum absolute atomic E-state index is 13.3. The summed E-state index contributed by atoms with van der Waals surface area (Å²) in [7, 11) is 1.31. The summed E-state index contributed by atoms with van der Waals surface area (Å²) in [6.45, 7) is 9.81. The third kappa shape index (κ3) is 4.06. The molecular weight excluding hydrogens is 378 g/mol. The van der Waals surface area contributed by atoms with Crippen molar-refractivity contribution in [2.24, 2.45) is 0 Å². The van der Waals surface area contributed by atoms with Crippen LogP contribution in [0.25, 0.3) is 6.08 Å². The third-order valence-corrected chi connectivity index (χ3v) is 5.10. The molecule has 0 unspecified atom stereocenters. The van der Waals surface area contributed by atoms with Crippen LogP contribution in [0, 0.1) is 13.8 Å². The molecule has 5 heteroatoms. The third-order valence-electron chi connectivity index (χ3n) is 5.10. The Bertz CT molecular complexity index is 1060. The molecule has 1 amide bonds. The number of aryl methyl sites for hydroxylation is 2. The van der Waals surface area contributed by atoms with Crippen LogP contribution < -0.4 is 9.64 Å². The summed E-state index contributed by atoms with van der Waals surface area (Å²) >= 11 is 0. The van der Waals surface area contributed by atoms with E-state index in [1.807, 2.05) is 56.3 Å². The Morgan fingerprint density at radius 1 is 1.07 bits per heavy atom. The molecule has 2 aromatic rings. The van der Waals surface area contributed by atoms with Crippen LogP contribution >= 0.6 is 0 Å². The maximum Gasteiger partial charge on any atom is 0.340 e. The number of rotatable bonds is 6. The lowest BCUT2D eigenvalue weighted by Gasteiger charge is -2.19. The second kappa shape index (κ2) is 8.82. The Labute approximate surface area is 176 Å². The Morgan fingerprint density at radius 3 is 2.37 bits per heavy atom. The van der Waals surface area contributed by atoms with E-state index in [0.29, 0.717) is 23.6 Å². The molecular formula is C25H25NO4. The average Bonchev–Trinajstić information content (AvgIpc) is 2.98. The van der Waals surface area contributed by atoms with Crippen LogP contribution in [-0.4, -0.2) is 25.6 Å². The first-order chi connectivity index (χ1) is 14.4. The molecule has 154 valence electrons. The Morgan fingerprint density at radius 2 is 1.77 bits per heavy atom. The number of benzene rings is 2. The van der Waals surface area contributed by atoms with E-state index in [2.05, 4.69) is 6.58 Å². The molecule has 0 saturated heterocycles. The van der Waals surface area contributed by atoms with Crippen molar-refractivity contribution in [1.82, 2.24) is 0 Å². The van der Waals surface area contributed by atoms with E-state index in [1.165, 1.54) is 7.11 Å². The minimum Gasteiger partial charge on any atom is -0.490 e. The van der Waals surface area contributed by atoms with Gasteiger partial charge in [-0.05, 0) is 67.8 Å². The van der Waals surface area contributed by atoms with E-state index < -0.39 is 5.97 Å². The van der Waals surface area contributed by atoms with Crippen molar-refractivity contribution in [3.63, 3.8) is 0 Å². The molecule has 0 aromatic heterocycles. The molecule has 0 spiro atoms. The van der Waals surface area contributed by atoms with Gasteiger partial charge in [-0.3, -0.25) is 9.69 Å². The van der Waals surface area contributed by atoms with Crippen molar-refractivity contribution in [1.29, 1.82) is 0 Å². The number of nitrogens with zero attached hydrogens (tertiary/aromatic N) is 1. The highest BCUT2D eigenvalue weighted by Gasteiger charge is 2.37. The van der Waals surface area contributed by atoms with Crippen LogP contribution in [-0.2, 0) is 14.3 Å². The first kappa shape index (κ1) is 21.1. The zero-order valence-electron chi connectivity index (χ0n) is 17.7. The normalized spacial score (nSPS) is 15.0. The first-order valence-electron chi connectivity index (χ1n) is 9.64. The van der Waals surface area contributed by atoms with E-state index in [9.17, 15) is 9.59 Å². The summed E-state index contributed by atoms with van der Waals surface area (Å²) in [6, 6.07) is 13.1. The molecule has 5 nitrogen and oxygen atoms in total. The lowest BCUT2D eigenvalue weighted by Crippen LogP contribution is -2.24. The first-order valence-corrected chi connectivity index (χ1v) is 9.64. The number of esters is 1. The SMILES string of the molecule is C=CCOc1ccc(/C=C2\C(=O)N(c3ccc(C)c(C)c3)C(C)=C2C(=O)OC)cc1. The average molecular weight is 403 g/mol. The van der Waals surface area contributed by atoms with Gasteiger partial charge in [-0.25, -0.2) is 4.79 Å². The molecule has 1 aliphatic rings. The summed E-state index contributed by atoms with van der Waals surface area (Å²) in [5.41, 5.74) is 4.83. The molecule has 30 heavy (non-hydrogen) atoms. The van der Waals surface area contributed by atoms with Gasteiger partial charge in [0, 0.05) is 11.4 Å². The Balaban J connectivity index is 2.03. The summed E-state index contributed by atoms with van der Waals surface area (Å²) in [6.07, 6.45) is 3.38. The maximum atomic E-state index is 13.3. The van der Waals surface area contributed by atoms with Gasteiger partial charge in [-0.1, -0.05) is 30.9 Å². The van der Waals surface area contributed by atoms with E-state index in [-0.39, 0.29) is 11.5 Å². The van der Waals surface area contributed by atoms with Gasteiger partial charge in [0.15, 0.2) is 0 Å². The molecule has 3 rings (SSSR count). The molecule has 0 atom stereocenters. The van der Waals surface area contributed by atoms with Gasteiger partial charge >= 0.3 is 5.97 Å². The van der Waals surface area contributed by atoms with Gasteiger partial charge < -0.3 is 9.47 Å².